The number of phenolic OH excluding ortho intramolecular Hbond substituents is 2. The highest BCUT2D eigenvalue weighted by Gasteiger charge is 2.23. The van der Waals surface area contributed by atoms with Crippen LogP contribution < -0.4 is 4.52 Å². The van der Waals surface area contributed by atoms with Crippen molar-refractivity contribution in [2.75, 3.05) is 0 Å². The van der Waals surface area contributed by atoms with Gasteiger partial charge >= 0.3 is 7.82 Å². The van der Waals surface area contributed by atoms with E-state index in [0.29, 0.717) is 12.8 Å². The monoisotopic (exact) mass is 354 g/mol. The number of hydrogen-bond donors (Lipinski definition) is 5. The third kappa shape index (κ3) is 5.25. The number of rotatable bonds is 7. The van der Waals surface area contributed by atoms with Crippen LogP contribution in [0.1, 0.15) is 30.1 Å². The van der Waals surface area contributed by atoms with Gasteiger partial charge < -0.3 is 19.8 Å². The summed E-state index contributed by atoms with van der Waals surface area (Å²) in [4.78, 5) is 17.8. The number of aliphatic hydroxyl groups excluding tert-OH is 1. The zero-order valence-corrected chi connectivity index (χ0v) is 13.6. The van der Waals surface area contributed by atoms with E-state index in [1.807, 2.05) is 0 Å². The zero-order chi connectivity index (χ0) is 17.7. The summed E-state index contributed by atoms with van der Waals surface area (Å²) in [6, 6.07) is 10.6. The maximum Gasteiger partial charge on any atom is 0.524 e. The average molecular weight is 354 g/mol. The van der Waals surface area contributed by atoms with Crippen molar-refractivity contribution in [1.82, 2.24) is 0 Å². The minimum atomic E-state index is -4.80. The lowest BCUT2D eigenvalue weighted by Crippen LogP contribution is -2.03. The molecule has 8 heteroatoms. The number of phosphoric ester groups is 1. The third-order valence-electron chi connectivity index (χ3n) is 3.47. The topological polar surface area (TPSA) is 127 Å². The number of aromatic hydroxyl groups is 2. The van der Waals surface area contributed by atoms with Crippen LogP contribution in [0.2, 0.25) is 0 Å². The molecule has 0 radical (unpaired) electrons. The molecule has 0 aliphatic rings. The van der Waals surface area contributed by atoms with E-state index in [4.69, 9.17) is 9.79 Å². The molecule has 2 rings (SSSR count). The molecule has 0 spiro atoms. The van der Waals surface area contributed by atoms with Crippen LogP contribution in [-0.2, 0) is 11.0 Å². The van der Waals surface area contributed by atoms with Gasteiger partial charge in [-0.15, -0.1) is 0 Å². The summed E-state index contributed by atoms with van der Waals surface area (Å²) in [6.45, 7) is 0. The van der Waals surface area contributed by atoms with Crippen LogP contribution in [0.15, 0.2) is 42.5 Å². The van der Waals surface area contributed by atoms with Gasteiger partial charge in [-0.1, -0.05) is 18.2 Å². The van der Waals surface area contributed by atoms with Crippen molar-refractivity contribution in [3.05, 3.63) is 53.6 Å². The third-order valence-corrected chi connectivity index (χ3v) is 3.91. The molecule has 24 heavy (non-hydrogen) atoms. The smallest absolute Gasteiger partial charge is 0.508 e. The Balaban J connectivity index is 2.04. The fraction of sp³-hybridized carbons (Fsp3) is 0.250. The highest BCUT2D eigenvalue weighted by atomic mass is 31.2. The minimum absolute atomic E-state index is 0.0495. The molecule has 0 bridgehead atoms. The largest absolute Gasteiger partial charge is 0.524 e. The van der Waals surface area contributed by atoms with Crippen molar-refractivity contribution in [2.24, 2.45) is 0 Å². The summed E-state index contributed by atoms with van der Waals surface area (Å²) in [5.74, 6) is -0.370. The number of phosphoric acid groups is 1. The predicted molar refractivity (Wildman–Crippen MR) is 86.8 cm³/mol. The summed E-state index contributed by atoms with van der Waals surface area (Å²) < 4.78 is 15.5. The van der Waals surface area contributed by atoms with E-state index in [-0.39, 0.29) is 29.2 Å². The van der Waals surface area contributed by atoms with Gasteiger partial charge in [0.05, 0.1) is 11.7 Å². The van der Waals surface area contributed by atoms with Crippen molar-refractivity contribution in [1.29, 1.82) is 0 Å². The molecule has 1 atom stereocenters. The van der Waals surface area contributed by atoms with Crippen LogP contribution in [0, 0.1) is 0 Å². The van der Waals surface area contributed by atoms with Crippen LogP contribution in [0.5, 0.6) is 17.2 Å². The second kappa shape index (κ2) is 7.68. The first-order chi connectivity index (χ1) is 11.3. The van der Waals surface area contributed by atoms with Gasteiger partial charge in [-0.25, -0.2) is 4.57 Å². The lowest BCUT2D eigenvalue weighted by Gasteiger charge is -2.17. The van der Waals surface area contributed by atoms with Crippen molar-refractivity contribution in [3.63, 3.8) is 0 Å². The van der Waals surface area contributed by atoms with Crippen molar-refractivity contribution in [2.45, 2.75) is 25.4 Å². The molecule has 130 valence electrons. The highest BCUT2D eigenvalue weighted by molar-refractivity contribution is 7.46. The van der Waals surface area contributed by atoms with E-state index >= 15 is 0 Å². The fourth-order valence-electron chi connectivity index (χ4n) is 2.38. The molecular weight excluding hydrogens is 335 g/mol. The predicted octanol–water partition coefficient (Wildman–Crippen LogP) is 2.63. The first-order valence-corrected chi connectivity index (χ1v) is 8.82. The normalized spacial score (nSPS) is 12.8. The molecule has 7 nitrogen and oxygen atoms in total. The summed E-state index contributed by atoms with van der Waals surface area (Å²) >= 11 is 0. The summed E-state index contributed by atoms with van der Waals surface area (Å²) in [7, 11) is -4.80. The van der Waals surface area contributed by atoms with Gasteiger partial charge in [0.25, 0.3) is 0 Å². The number of benzene rings is 2. The second-order valence-electron chi connectivity index (χ2n) is 5.35. The van der Waals surface area contributed by atoms with Gasteiger partial charge in [-0.3, -0.25) is 9.79 Å². The number of hydrogen-bond acceptors (Lipinski definition) is 5. The van der Waals surface area contributed by atoms with Crippen molar-refractivity contribution in [3.8, 4) is 17.2 Å². The Bertz CT molecular complexity index is 724. The van der Waals surface area contributed by atoms with Crippen LogP contribution in [0.4, 0.5) is 0 Å². The fourth-order valence-corrected chi connectivity index (χ4v) is 2.80. The number of phenols is 2. The Kier molecular flexibility index (Phi) is 5.85. The van der Waals surface area contributed by atoms with Crippen LogP contribution in [0.25, 0.3) is 0 Å². The highest BCUT2D eigenvalue weighted by Crippen LogP contribution is 2.44. The maximum absolute atomic E-state index is 11.0. The molecule has 0 saturated heterocycles. The van der Waals surface area contributed by atoms with Crippen molar-refractivity contribution < 1.29 is 34.2 Å². The van der Waals surface area contributed by atoms with Gasteiger partial charge in [0.2, 0.25) is 0 Å². The molecule has 0 aromatic heterocycles. The molecular formula is C16H19O7P. The molecule has 0 aliphatic heterocycles. The first kappa shape index (κ1) is 18.3. The van der Waals surface area contributed by atoms with Crippen molar-refractivity contribution >= 4 is 7.82 Å². The molecule has 0 aliphatic carbocycles. The van der Waals surface area contributed by atoms with E-state index in [0.717, 1.165) is 5.56 Å². The first-order valence-electron chi connectivity index (χ1n) is 7.29. The van der Waals surface area contributed by atoms with E-state index in [1.54, 1.807) is 24.3 Å². The summed E-state index contributed by atoms with van der Waals surface area (Å²) in [5, 5.41) is 29.4. The van der Waals surface area contributed by atoms with E-state index in [2.05, 4.69) is 4.52 Å². The van der Waals surface area contributed by atoms with Gasteiger partial charge in [0.1, 0.15) is 17.2 Å². The van der Waals surface area contributed by atoms with Gasteiger partial charge in [0.15, 0.2) is 0 Å². The van der Waals surface area contributed by atoms with E-state index in [1.165, 1.54) is 18.2 Å². The lowest BCUT2D eigenvalue weighted by molar-refractivity contribution is 0.157. The molecule has 5 N–H and O–H groups in total. The van der Waals surface area contributed by atoms with Crippen LogP contribution in [0.3, 0.4) is 0 Å². The molecule has 1 unspecified atom stereocenters. The SMILES string of the molecule is O=P(O)(O)Oc1cccc(O)c1C(O)CCCc1ccc(O)cc1. The summed E-state index contributed by atoms with van der Waals surface area (Å²) in [6.07, 6.45) is 0.329. The van der Waals surface area contributed by atoms with E-state index in [9.17, 15) is 19.9 Å². The summed E-state index contributed by atoms with van der Waals surface area (Å²) in [5.41, 5.74) is 0.926. The van der Waals surface area contributed by atoms with Crippen LogP contribution in [-0.4, -0.2) is 25.1 Å². The Hall–Kier alpha value is -2.05. The van der Waals surface area contributed by atoms with Gasteiger partial charge in [0, 0.05) is 0 Å². The number of aryl methyl sites for hydroxylation is 1. The molecule has 0 fully saturated rings. The Morgan fingerprint density at radius 2 is 1.71 bits per heavy atom. The molecule has 0 amide bonds. The molecule has 0 heterocycles. The second-order valence-corrected chi connectivity index (χ2v) is 6.51. The average Bonchev–Trinajstić information content (AvgIpc) is 2.47. The molecule has 2 aromatic rings. The zero-order valence-electron chi connectivity index (χ0n) is 12.7. The number of aliphatic hydroxyl groups is 1. The Labute approximate surface area is 139 Å². The van der Waals surface area contributed by atoms with Gasteiger partial charge in [-0.2, -0.15) is 0 Å². The molecule has 0 saturated carbocycles. The Morgan fingerprint density at radius 1 is 1.04 bits per heavy atom. The van der Waals surface area contributed by atoms with E-state index < -0.39 is 13.9 Å². The van der Waals surface area contributed by atoms with Crippen LogP contribution >= 0.6 is 7.82 Å². The Morgan fingerprint density at radius 3 is 2.33 bits per heavy atom. The standard InChI is InChI=1S/C16H19O7P/c17-12-9-7-11(8-10-12)3-1-4-13(18)16-14(19)5-2-6-15(16)23-24(20,21)22/h2,5-10,13,17-19H,1,3-4H2,(H2,20,21,22). The lowest BCUT2D eigenvalue weighted by atomic mass is 10.00. The maximum atomic E-state index is 11.0. The quantitative estimate of drug-likeness (QED) is 0.484. The molecule has 2 aromatic carbocycles. The van der Waals surface area contributed by atoms with Gasteiger partial charge in [-0.05, 0) is 49.1 Å². The minimum Gasteiger partial charge on any atom is -0.508 e.